The van der Waals surface area contributed by atoms with Gasteiger partial charge >= 0.3 is 17.9 Å². The van der Waals surface area contributed by atoms with E-state index in [4.69, 9.17) is 33.9 Å². The number of carbonyl (C=O) groups excluding carboxylic acids is 3. The van der Waals surface area contributed by atoms with Gasteiger partial charge in [0.05, 0.1) is 18.5 Å². The first-order valence-corrected chi connectivity index (χ1v) is 18.7. The van der Waals surface area contributed by atoms with Gasteiger partial charge in [0.2, 0.25) is 5.60 Å². The fourth-order valence-corrected chi connectivity index (χ4v) is 7.97. The van der Waals surface area contributed by atoms with Gasteiger partial charge in [0, 0.05) is 26.1 Å². The van der Waals surface area contributed by atoms with Crippen molar-refractivity contribution < 1.29 is 47.2 Å². The molecule has 2 fully saturated rings. The predicted octanol–water partition coefficient (Wildman–Crippen LogP) is 3.65. The molecule has 2 aliphatic heterocycles. The number of nitrogens with zero attached hydrogens (tertiary/aromatic N) is 4. The van der Waals surface area contributed by atoms with E-state index < -0.39 is 62.0 Å². The third-order valence-electron chi connectivity index (χ3n) is 8.76. The minimum Gasteiger partial charge on any atom is -0.464 e. The molecule has 17 heteroatoms. The van der Waals surface area contributed by atoms with Gasteiger partial charge in [-0.05, 0) is 43.4 Å². The number of aromatic nitrogens is 3. The Morgan fingerprint density at radius 1 is 1.12 bits per heavy atom. The van der Waals surface area contributed by atoms with Gasteiger partial charge in [-0.15, -0.1) is 0 Å². The summed E-state index contributed by atoms with van der Waals surface area (Å²) in [5.74, 6) is -1.68. The number of esters is 3. The van der Waals surface area contributed by atoms with E-state index in [1.165, 1.54) is 17.8 Å². The van der Waals surface area contributed by atoms with E-state index in [1.54, 1.807) is 56.3 Å². The number of nitrogens with two attached hydrogens (primary N) is 1. The molecule has 0 saturated carbocycles. The van der Waals surface area contributed by atoms with Crippen molar-refractivity contribution >= 4 is 36.8 Å². The van der Waals surface area contributed by atoms with Crippen molar-refractivity contribution in [1.29, 1.82) is 5.26 Å². The maximum atomic E-state index is 14.7. The summed E-state index contributed by atoms with van der Waals surface area (Å²) in [7, 11) is -4.05. The van der Waals surface area contributed by atoms with Crippen LogP contribution < -0.4 is 10.8 Å². The highest BCUT2D eigenvalue weighted by Gasteiger charge is 2.62. The van der Waals surface area contributed by atoms with Gasteiger partial charge in [0.15, 0.2) is 18.0 Å². The molecule has 16 nitrogen and oxygen atoms in total. The first kappa shape index (κ1) is 37.9. The van der Waals surface area contributed by atoms with Crippen LogP contribution >= 0.6 is 7.52 Å². The first-order chi connectivity index (χ1) is 24.5. The minimum absolute atomic E-state index is 0.0313. The molecule has 5 rings (SSSR count). The number of benzene rings is 1. The second-order valence-corrected chi connectivity index (χ2v) is 14.6. The molecule has 2 saturated heterocycles. The van der Waals surface area contributed by atoms with Crippen molar-refractivity contribution in [2.24, 2.45) is 5.92 Å². The zero-order valence-electron chi connectivity index (χ0n) is 28.8. The quantitative estimate of drug-likeness (QED) is 0.130. The molecule has 6 atom stereocenters. The first-order valence-electron chi connectivity index (χ1n) is 16.9. The van der Waals surface area contributed by atoms with Crippen molar-refractivity contribution in [2.45, 2.75) is 82.6 Å². The summed E-state index contributed by atoms with van der Waals surface area (Å²) in [5, 5.41) is 17.9. The van der Waals surface area contributed by atoms with Crippen LogP contribution in [0, 0.1) is 17.2 Å². The molecule has 0 radical (unpaired) electrons. The van der Waals surface area contributed by atoms with Crippen molar-refractivity contribution in [3.63, 3.8) is 0 Å². The Morgan fingerprint density at radius 3 is 2.51 bits per heavy atom. The summed E-state index contributed by atoms with van der Waals surface area (Å²) in [5.41, 5.74) is 5.25. The molecule has 3 N–H and O–H groups in total. The van der Waals surface area contributed by atoms with Crippen LogP contribution in [0.1, 0.15) is 63.8 Å². The normalized spacial score (nSPS) is 23.9. The Hall–Kier alpha value is -4.39. The number of rotatable bonds is 15. The van der Waals surface area contributed by atoms with E-state index in [1.807, 2.05) is 0 Å². The Balaban J connectivity index is 1.47. The van der Waals surface area contributed by atoms with Crippen LogP contribution in [0.25, 0.3) is 5.52 Å². The van der Waals surface area contributed by atoms with Crippen LogP contribution in [-0.4, -0.2) is 82.8 Å². The molecular formula is C34H43N6O10P. The number of carbonyl (C=O) groups is 3. The van der Waals surface area contributed by atoms with Gasteiger partial charge in [-0.3, -0.25) is 18.9 Å². The highest BCUT2D eigenvalue weighted by Crippen LogP contribution is 2.51. The van der Waals surface area contributed by atoms with E-state index in [9.17, 15) is 24.2 Å². The van der Waals surface area contributed by atoms with Crippen LogP contribution in [-0.2, 0) is 53.3 Å². The summed E-state index contributed by atoms with van der Waals surface area (Å²) in [6, 6.07) is 13.0. The summed E-state index contributed by atoms with van der Waals surface area (Å²) in [6.07, 6.45) is -1.64. The number of nitrogen functional groups attached to an aromatic ring is 1. The number of nitrogens with one attached hydrogen (secondary N) is 1. The Morgan fingerprint density at radius 2 is 1.82 bits per heavy atom. The molecular weight excluding hydrogens is 683 g/mol. The summed E-state index contributed by atoms with van der Waals surface area (Å²) in [6.45, 7) is 5.31. The van der Waals surface area contributed by atoms with Crippen LogP contribution in [0.5, 0.6) is 0 Å². The van der Waals surface area contributed by atoms with Crippen LogP contribution in [0.3, 0.4) is 0 Å². The van der Waals surface area contributed by atoms with E-state index in [-0.39, 0.29) is 37.3 Å². The van der Waals surface area contributed by atoms with Crippen molar-refractivity contribution in [1.82, 2.24) is 19.7 Å². The fraction of sp³-hybridized carbons (Fsp3) is 0.529. The second kappa shape index (κ2) is 16.8. The molecule has 0 amide bonds. The van der Waals surface area contributed by atoms with Gasteiger partial charge < -0.3 is 33.9 Å². The maximum Gasteiger partial charge on any atom is 0.323 e. The summed E-state index contributed by atoms with van der Waals surface area (Å²) >= 11 is 0. The standard InChI is InChI=1S/C34H43N6O10P/c1-4-27(41)48-30-29(25-11-12-26-32(36)37-21-38-40(25)26)50-34(19-35,31(30)49-28(42)5-2)20-47-51(44,18-24-9-7-6-8-10-24)39-22(3)33(43)46-17-23-13-15-45-16-14-23/h6-12,21-23,29-31H,4-5,13-18,20H2,1-3H3,(H,39,44)(H2,36,37,38)/t22-,29-,30-,31-,34+,51-/m0/s1. The van der Waals surface area contributed by atoms with Crippen LogP contribution in [0.2, 0.25) is 0 Å². The van der Waals surface area contributed by atoms with E-state index >= 15 is 0 Å². The van der Waals surface area contributed by atoms with Crippen LogP contribution in [0.4, 0.5) is 5.82 Å². The molecule has 0 bridgehead atoms. The number of anilines is 1. The van der Waals surface area contributed by atoms with E-state index in [0.717, 1.165) is 12.8 Å². The molecule has 0 spiro atoms. The Kier molecular flexibility index (Phi) is 12.4. The largest absolute Gasteiger partial charge is 0.464 e. The monoisotopic (exact) mass is 726 g/mol. The molecule has 4 heterocycles. The molecule has 0 aliphatic carbocycles. The van der Waals surface area contributed by atoms with Gasteiger partial charge in [-0.25, -0.2) is 14.6 Å². The second-order valence-electron chi connectivity index (χ2n) is 12.4. The highest BCUT2D eigenvalue weighted by molar-refractivity contribution is 7.56. The lowest BCUT2D eigenvalue weighted by atomic mass is 9.95. The summed E-state index contributed by atoms with van der Waals surface area (Å²) < 4.78 is 51.1. The average Bonchev–Trinajstić information content (AvgIpc) is 3.70. The molecule has 274 valence electrons. The molecule has 2 aromatic heterocycles. The smallest absolute Gasteiger partial charge is 0.323 e. The van der Waals surface area contributed by atoms with Gasteiger partial charge in [0.1, 0.15) is 36.7 Å². The Bertz CT molecular complexity index is 1780. The van der Waals surface area contributed by atoms with Crippen molar-refractivity contribution in [3.8, 4) is 6.07 Å². The number of ether oxygens (including phenoxy) is 5. The third-order valence-corrected chi connectivity index (χ3v) is 10.9. The van der Waals surface area contributed by atoms with E-state index in [0.29, 0.717) is 30.0 Å². The summed E-state index contributed by atoms with van der Waals surface area (Å²) in [4.78, 5) is 42.7. The molecule has 1 aromatic carbocycles. The fourth-order valence-electron chi connectivity index (χ4n) is 5.92. The molecule has 51 heavy (non-hydrogen) atoms. The number of fused-ring (bicyclic) bond motifs is 1. The number of hydrogen-bond donors (Lipinski definition) is 2. The highest BCUT2D eigenvalue weighted by atomic mass is 31.2. The number of nitriles is 1. The maximum absolute atomic E-state index is 14.7. The molecule has 3 aromatic rings. The lowest BCUT2D eigenvalue weighted by Crippen LogP contribution is -2.49. The zero-order valence-corrected chi connectivity index (χ0v) is 29.7. The van der Waals surface area contributed by atoms with Crippen molar-refractivity contribution in [2.75, 3.05) is 32.2 Å². The number of hydrogen-bond acceptors (Lipinski definition) is 14. The Labute approximate surface area is 295 Å². The lowest BCUT2D eigenvalue weighted by molar-refractivity contribution is -0.169. The van der Waals surface area contributed by atoms with Crippen molar-refractivity contribution in [3.05, 3.63) is 60.0 Å². The zero-order chi connectivity index (χ0) is 36.6. The average molecular weight is 727 g/mol. The topological polar surface area (TPSA) is 216 Å². The van der Waals surface area contributed by atoms with Gasteiger partial charge in [-0.1, -0.05) is 44.2 Å². The van der Waals surface area contributed by atoms with E-state index in [2.05, 4.69) is 21.2 Å². The molecule has 0 unspecified atom stereocenters. The van der Waals surface area contributed by atoms with Gasteiger partial charge in [-0.2, -0.15) is 10.4 Å². The third kappa shape index (κ3) is 8.92. The SMILES string of the molecule is CCC(=O)O[C@H]1[C@H](c2ccc3c(N)ncnn23)O[C@](C#N)(CO[P@@](=O)(Cc2ccccc2)N[C@@H](C)C(=O)OCC2CCOCC2)[C@H]1OC(=O)CC. The van der Waals surface area contributed by atoms with Crippen LogP contribution in [0.15, 0.2) is 48.8 Å². The lowest BCUT2D eigenvalue weighted by Gasteiger charge is -2.31. The van der Waals surface area contributed by atoms with Gasteiger partial charge in [0.25, 0.3) is 7.52 Å². The molecule has 2 aliphatic rings. The minimum atomic E-state index is -4.05. The predicted molar refractivity (Wildman–Crippen MR) is 181 cm³/mol.